The number of fused-ring (bicyclic) bond motifs is 1. The van der Waals surface area contributed by atoms with E-state index >= 15 is 0 Å². The van der Waals surface area contributed by atoms with Crippen molar-refractivity contribution in [3.63, 3.8) is 0 Å². The van der Waals surface area contributed by atoms with Crippen molar-refractivity contribution in [3.8, 4) is 11.5 Å². The molecule has 1 fully saturated rings. The molecule has 0 aliphatic carbocycles. The van der Waals surface area contributed by atoms with Crippen molar-refractivity contribution in [3.05, 3.63) is 23.8 Å². The highest BCUT2D eigenvalue weighted by atomic mass is 16.6. The zero-order chi connectivity index (χ0) is 18.0. The second-order valence-corrected chi connectivity index (χ2v) is 7.58. The molecular weight excluding hydrogens is 320 g/mol. The number of amides is 2. The molecule has 2 aliphatic heterocycles. The van der Waals surface area contributed by atoms with E-state index in [0.29, 0.717) is 43.2 Å². The van der Waals surface area contributed by atoms with E-state index in [9.17, 15) is 9.59 Å². The topological polar surface area (TPSA) is 67.9 Å². The number of benzene rings is 1. The minimum Gasteiger partial charge on any atom is -0.486 e. The minimum atomic E-state index is -0.444. The summed E-state index contributed by atoms with van der Waals surface area (Å²) in [7, 11) is 0. The number of nitrogens with zero attached hydrogens (tertiary/aromatic N) is 1. The van der Waals surface area contributed by atoms with Gasteiger partial charge in [-0.15, -0.1) is 0 Å². The zero-order valence-electron chi connectivity index (χ0n) is 15.1. The number of nitrogens with one attached hydrogen (secondary N) is 1. The van der Waals surface area contributed by atoms with E-state index in [4.69, 9.17) is 9.47 Å². The summed E-state index contributed by atoms with van der Waals surface area (Å²) in [6, 6.07) is 4.88. The van der Waals surface area contributed by atoms with Gasteiger partial charge < -0.3 is 19.7 Å². The highest BCUT2D eigenvalue weighted by Crippen LogP contribution is 2.35. The van der Waals surface area contributed by atoms with E-state index in [-0.39, 0.29) is 17.4 Å². The number of carbonyl (C=O) groups excluding carboxylic acids is 2. The summed E-state index contributed by atoms with van der Waals surface area (Å²) >= 11 is 0. The predicted octanol–water partition coefficient (Wildman–Crippen LogP) is 2.37. The van der Waals surface area contributed by atoms with Gasteiger partial charge in [0.25, 0.3) is 5.91 Å². The number of likely N-dealkylation sites (tertiary alicyclic amines) is 1. The Morgan fingerprint density at radius 3 is 2.68 bits per heavy atom. The van der Waals surface area contributed by atoms with Crippen molar-refractivity contribution in [2.24, 2.45) is 0 Å². The molecule has 0 saturated carbocycles. The predicted molar refractivity (Wildman–Crippen MR) is 94.0 cm³/mol. The maximum absolute atomic E-state index is 13.2. The number of rotatable bonds is 2. The smallest absolute Gasteiger partial charge is 0.258 e. The highest BCUT2D eigenvalue weighted by Gasteiger charge is 2.35. The standard InChI is InChI=1S/C19H26N2O4/c1-19(2,3)20-17(22)14-8-4-5-10-21(14)18(23)13-7-6-9-15-16(13)25-12-11-24-15/h6-7,9,14H,4-5,8,10-12H2,1-3H3,(H,20,22). The summed E-state index contributed by atoms with van der Waals surface area (Å²) < 4.78 is 11.2. The normalized spacial score (nSPS) is 20.1. The summed E-state index contributed by atoms with van der Waals surface area (Å²) in [5.74, 6) is 0.808. The van der Waals surface area contributed by atoms with Gasteiger partial charge in [-0.1, -0.05) is 6.07 Å². The Kier molecular flexibility index (Phi) is 4.88. The third-order valence-electron chi connectivity index (χ3n) is 4.36. The van der Waals surface area contributed by atoms with Gasteiger partial charge in [-0.3, -0.25) is 9.59 Å². The number of ether oxygens (including phenoxy) is 2. The first-order valence-corrected chi connectivity index (χ1v) is 8.88. The Bertz CT molecular complexity index is 666. The third-order valence-corrected chi connectivity index (χ3v) is 4.36. The van der Waals surface area contributed by atoms with Crippen LogP contribution in [0.25, 0.3) is 0 Å². The Labute approximate surface area is 148 Å². The molecule has 25 heavy (non-hydrogen) atoms. The SMILES string of the molecule is CC(C)(C)NC(=O)C1CCCCN1C(=O)c1cccc2c1OCCO2. The molecule has 2 amide bonds. The van der Waals surface area contributed by atoms with Crippen LogP contribution in [0, 0.1) is 0 Å². The molecule has 136 valence electrons. The molecule has 0 spiro atoms. The molecule has 3 rings (SSSR count). The van der Waals surface area contributed by atoms with Crippen LogP contribution in [0.1, 0.15) is 50.4 Å². The molecule has 1 aromatic rings. The number of carbonyl (C=O) groups is 2. The average molecular weight is 346 g/mol. The van der Waals surface area contributed by atoms with Gasteiger partial charge in [0, 0.05) is 12.1 Å². The molecule has 6 nitrogen and oxygen atoms in total. The van der Waals surface area contributed by atoms with Gasteiger partial charge in [-0.2, -0.15) is 0 Å². The summed E-state index contributed by atoms with van der Waals surface area (Å²) in [6.07, 6.45) is 2.52. The van der Waals surface area contributed by atoms with Crippen molar-refractivity contribution in [1.82, 2.24) is 10.2 Å². The van der Waals surface area contributed by atoms with Gasteiger partial charge in [-0.25, -0.2) is 0 Å². The van der Waals surface area contributed by atoms with Gasteiger partial charge in [0.1, 0.15) is 19.3 Å². The largest absolute Gasteiger partial charge is 0.486 e. The molecule has 6 heteroatoms. The fourth-order valence-corrected chi connectivity index (χ4v) is 3.30. The molecule has 0 aromatic heterocycles. The lowest BCUT2D eigenvalue weighted by Crippen LogP contribution is -2.55. The first kappa shape index (κ1) is 17.6. The van der Waals surface area contributed by atoms with E-state index in [0.717, 1.165) is 12.8 Å². The first-order chi connectivity index (χ1) is 11.9. The quantitative estimate of drug-likeness (QED) is 0.893. The molecule has 1 atom stereocenters. The summed E-state index contributed by atoms with van der Waals surface area (Å²) in [5, 5.41) is 3.00. The summed E-state index contributed by atoms with van der Waals surface area (Å²) in [5.41, 5.74) is 0.138. The lowest BCUT2D eigenvalue weighted by atomic mass is 9.98. The van der Waals surface area contributed by atoms with Crippen LogP contribution in [0.3, 0.4) is 0 Å². The Morgan fingerprint density at radius 2 is 1.92 bits per heavy atom. The summed E-state index contributed by atoms with van der Waals surface area (Å²) in [6.45, 7) is 7.30. The molecule has 1 aromatic carbocycles. The van der Waals surface area contributed by atoms with Crippen LogP contribution in [0.15, 0.2) is 18.2 Å². The highest BCUT2D eigenvalue weighted by molar-refractivity contribution is 6.00. The van der Waals surface area contributed by atoms with Crippen LogP contribution in [0.5, 0.6) is 11.5 Å². The Balaban J connectivity index is 1.86. The van der Waals surface area contributed by atoms with Crippen LogP contribution in [-0.4, -0.2) is 48.1 Å². The van der Waals surface area contributed by atoms with Gasteiger partial charge in [-0.05, 0) is 52.2 Å². The van der Waals surface area contributed by atoms with Gasteiger partial charge in [0.05, 0.1) is 5.56 Å². The van der Waals surface area contributed by atoms with Crippen molar-refractivity contribution in [1.29, 1.82) is 0 Å². The molecule has 0 bridgehead atoms. The zero-order valence-corrected chi connectivity index (χ0v) is 15.1. The third kappa shape index (κ3) is 3.89. The van der Waals surface area contributed by atoms with Crippen LogP contribution in [0.2, 0.25) is 0 Å². The fraction of sp³-hybridized carbons (Fsp3) is 0.579. The minimum absolute atomic E-state index is 0.0949. The first-order valence-electron chi connectivity index (χ1n) is 8.88. The molecule has 1 saturated heterocycles. The lowest BCUT2D eigenvalue weighted by molar-refractivity contribution is -0.128. The maximum Gasteiger partial charge on any atom is 0.258 e. The number of para-hydroxylation sites is 1. The van der Waals surface area contributed by atoms with Gasteiger partial charge in [0.2, 0.25) is 5.91 Å². The fourth-order valence-electron chi connectivity index (χ4n) is 3.30. The molecule has 0 radical (unpaired) electrons. The molecule has 2 aliphatic rings. The maximum atomic E-state index is 13.2. The van der Waals surface area contributed by atoms with Crippen LogP contribution in [0.4, 0.5) is 0 Å². The van der Waals surface area contributed by atoms with Gasteiger partial charge in [0.15, 0.2) is 11.5 Å². The van der Waals surface area contributed by atoms with Gasteiger partial charge >= 0.3 is 0 Å². The number of hydrogen-bond donors (Lipinski definition) is 1. The Morgan fingerprint density at radius 1 is 1.16 bits per heavy atom. The Hall–Kier alpha value is -2.24. The number of piperidine rings is 1. The second kappa shape index (κ2) is 6.94. The van der Waals surface area contributed by atoms with E-state index in [1.807, 2.05) is 20.8 Å². The average Bonchev–Trinajstić information content (AvgIpc) is 2.59. The van der Waals surface area contributed by atoms with Crippen LogP contribution < -0.4 is 14.8 Å². The van der Waals surface area contributed by atoms with Crippen molar-refractivity contribution in [2.75, 3.05) is 19.8 Å². The van der Waals surface area contributed by atoms with Crippen LogP contribution >= 0.6 is 0 Å². The number of hydrogen-bond acceptors (Lipinski definition) is 4. The monoisotopic (exact) mass is 346 g/mol. The van der Waals surface area contributed by atoms with E-state index in [2.05, 4.69) is 5.32 Å². The second-order valence-electron chi connectivity index (χ2n) is 7.58. The molecule has 2 heterocycles. The van der Waals surface area contributed by atoms with Crippen molar-refractivity contribution in [2.45, 2.75) is 51.6 Å². The molecule has 1 N–H and O–H groups in total. The summed E-state index contributed by atoms with van der Waals surface area (Å²) in [4.78, 5) is 27.5. The molecule has 1 unspecified atom stereocenters. The van der Waals surface area contributed by atoms with E-state index in [1.165, 1.54) is 0 Å². The van der Waals surface area contributed by atoms with Crippen molar-refractivity contribution < 1.29 is 19.1 Å². The van der Waals surface area contributed by atoms with Crippen LogP contribution in [-0.2, 0) is 4.79 Å². The van der Waals surface area contributed by atoms with E-state index < -0.39 is 6.04 Å². The lowest BCUT2D eigenvalue weighted by Gasteiger charge is -2.37. The van der Waals surface area contributed by atoms with Crippen molar-refractivity contribution >= 4 is 11.8 Å². The molecular formula is C19H26N2O4. The van der Waals surface area contributed by atoms with E-state index in [1.54, 1.807) is 23.1 Å².